The molecule has 0 bridgehead atoms. The number of carbonyl (C=O) groups is 1. The zero-order chi connectivity index (χ0) is 28.8. The number of carbonyl (C=O) groups excluding carboxylic acids is 1. The zero-order valence-electron chi connectivity index (χ0n) is 24.2. The van der Waals surface area contributed by atoms with Gasteiger partial charge in [0.15, 0.2) is 0 Å². The lowest BCUT2D eigenvalue weighted by atomic mass is 9.95. The Morgan fingerprint density at radius 3 is 2.79 bits per heavy atom. The van der Waals surface area contributed by atoms with Crippen LogP contribution >= 0.6 is 0 Å². The predicted octanol–water partition coefficient (Wildman–Crippen LogP) is 4.76. The van der Waals surface area contributed by atoms with Gasteiger partial charge in [0, 0.05) is 17.5 Å². The maximum Gasteiger partial charge on any atom is 0.318 e. The lowest BCUT2D eigenvalue weighted by molar-refractivity contribution is 0.0996. The summed E-state index contributed by atoms with van der Waals surface area (Å²) in [6.07, 6.45) is 7.96. The van der Waals surface area contributed by atoms with E-state index in [4.69, 9.17) is 14.7 Å². The predicted molar refractivity (Wildman–Crippen MR) is 160 cm³/mol. The first kappa shape index (κ1) is 27.3. The van der Waals surface area contributed by atoms with E-state index in [-0.39, 0.29) is 41.6 Å². The van der Waals surface area contributed by atoms with E-state index >= 15 is 0 Å². The van der Waals surface area contributed by atoms with Crippen LogP contribution in [0.25, 0.3) is 10.8 Å². The van der Waals surface area contributed by atoms with Gasteiger partial charge in [0.1, 0.15) is 29.6 Å². The summed E-state index contributed by atoms with van der Waals surface area (Å²) in [4.78, 5) is 27.9. The van der Waals surface area contributed by atoms with Gasteiger partial charge in [-0.2, -0.15) is 9.97 Å². The van der Waals surface area contributed by atoms with Crippen molar-refractivity contribution in [3.63, 3.8) is 0 Å². The maximum atomic E-state index is 14.9. The molecular weight excluding hydrogens is 535 g/mol. The third-order valence-electron chi connectivity index (χ3n) is 9.70. The van der Waals surface area contributed by atoms with E-state index < -0.39 is 0 Å². The number of nitrogens with zero attached hydrogens (tertiary/aromatic N) is 4. The molecule has 7 rings (SSSR count). The molecule has 4 aliphatic heterocycles. The highest BCUT2D eigenvalue weighted by Gasteiger charge is 2.45. The summed E-state index contributed by atoms with van der Waals surface area (Å²) < 4.78 is 21.3. The summed E-state index contributed by atoms with van der Waals surface area (Å²) in [5, 5.41) is 18.9. The minimum absolute atomic E-state index is 0.0197. The number of ether oxygens (including phenoxy) is 1. The topological polar surface area (TPSA) is 103 Å². The van der Waals surface area contributed by atoms with E-state index in [1.165, 1.54) is 18.9 Å². The minimum Gasteiger partial charge on any atom is -0.508 e. The smallest absolute Gasteiger partial charge is 0.318 e. The van der Waals surface area contributed by atoms with Crippen molar-refractivity contribution in [3.05, 3.63) is 46.9 Å². The fraction of sp³-hybridized carbons (Fsp3) is 0.531. The highest BCUT2D eigenvalue weighted by atomic mass is 19.1. The molecular formula is C32H39FN6O3. The molecule has 3 saturated heterocycles. The molecule has 3 fully saturated rings. The van der Waals surface area contributed by atoms with Crippen molar-refractivity contribution in [1.29, 1.82) is 0 Å². The number of hydrogen-bond donors (Lipinski definition) is 3. The first-order valence-corrected chi connectivity index (χ1v) is 15.5. The van der Waals surface area contributed by atoms with Gasteiger partial charge in [-0.15, -0.1) is 0 Å². The second-order valence-corrected chi connectivity index (χ2v) is 12.2. The number of nitrogens with one attached hydrogen (secondary N) is 2. The molecule has 9 nitrogen and oxygen atoms in total. The minimum atomic E-state index is -0.326. The van der Waals surface area contributed by atoms with Crippen LogP contribution in [-0.2, 0) is 13.0 Å². The molecule has 10 heteroatoms. The van der Waals surface area contributed by atoms with Crippen LogP contribution in [0, 0.1) is 5.82 Å². The molecule has 0 radical (unpaired) electrons. The molecule has 1 aromatic heterocycles. The van der Waals surface area contributed by atoms with Gasteiger partial charge >= 0.3 is 6.01 Å². The van der Waals surface area contributed by atoms with Crippen LogP contribution in [0.3, 0.4) is 0 Å². The number of benzene rings is 2. The fourth-order valence-corrected chi connectivity index (χ4v) is 7.60. The van der Waals surface area contributed by atoms with Crippen molar-refractivity contribution in [2.24, 2.45) is 0 Å². The maximum absolute atomic E-state index is 14.9. The van der Waals surface area contributed by atoms with E-state index in [2.05, 4.69) is 15.5 Å². The molecule has 0 spiro atoms. The number of anilines is 2. The summed E-state index contributed by atoms with van der Waals surface area (Å²) in [5.41, 5.74) is 2.04. The molecule has 5 heterocycles. The summed E-state index contributed by atoms with van der Waals surface area (Å²) >= 11 is 0. The normalized spacial score (nSPS) is 21.9. The average molecular weight is 575 g/mol. The van der Waals surface area contributed by atoms with Crippen LogP contribution in [0.15, 0.2) is 24.3 Å². The number of phenols is 1. The van der Waals surface area contributed by atoms with Crippen LogP contribution in [0.5, 0.6) is 11.8 Å². The number of aromatic hydroxyl groups is 1. The van der Waals surface area contributed by atoms with Crippen molar-refractivity contribution in [2.45, 2.75) is 76.4 Å². The monoisotopic (exact) mass is 574 g/mol. The van der Waals surface area contributed by atoms with Gasteiger partial charge < -0.3 is 25.4 Å². The first-order valence-electron chi connectivity index (χ1n) is 15.5. The van der Waals surface area contributed by atoms with E-state index in [1.54, 1.807) is 23.1 Å². The summed E-state index contributed by atoms with van der Waals surface area (Å²) in [6, 6.07) is 6.67. The molecule has 1 amide bonds. The Labute approximate surface area is 245 Å². The van der Waals surface area contributed by atoms with Crippen molar-refractivity contribution in [2.75, 3.05) is 43.0 Å². The molecule has 2 aromatic carbocycles. The van der Waals surface area contributed by atoms with Gasteiger partial charge in [-0.05, 0) is 101 Å². The Morgan fingerprint density at radius 2 is 1.98 bits per heavy atom. The van der Waals surface area contributed by atoms with Gasteiger partial charge in [-0.1, -0.05) is 13.0 Å². The van der Waals surface area contributed by atoms with E-state index in [0.717, 1.165) is 58.3 Å². The van der Waals surface area contributed by atoms with Crippen LogP contribution in [0.1, 0.15) is 73.5 Å². The highest BCUT2D eigenvalue weighted by Crippen LogP contribution is 2.42. The van der Waals surface area contributed by atoms with Gasteiger partial charge in [0.2, 0.25) is 0 Å². The third-order valence-corrected chi connectivity index (χ3v) is 9.70. The fourth-order valence-electron chi connectivity index (χ4n) is 7.60. The number of fused-ring (bicyclic) bond motifs is 3. The van der Waals surface area contributed by atoms with Crippen LogP contribution < -0.4 is 20.3 Å². The number of aromatic nitrogens is 2. The molecule has 0 saturated carbocycles. The molecule has 3 aromatic rings. The van der Waals surface area contributed by atoms with Crippen LogP contribution in [0.2, 0.25) is 0 Å². The van der Waals surface area contributed by atoms with Crippen molar-refractivity contribution in [3.8, 4) is 11.8 Å². The summed E-state index contributed by atoms with van der Waals surface area (Å²) in [7, 11) is 0. The van der Waals surface area contributed by atoms with Gasteiger partial charge in [-0.3, -0.25) is 9.69 Å². The second-order valence-electron chi connectivity index (χ2n) is 12.2. The van der Waals surface area contributed by atoms with Crippen molar-refractivity contribution < 1.29 is 19.0 Å². The molecule has 42 heavy (non-hydrogen) atoms. The molecule has 4 aliphatic rings. The Balaban J connectivity index is 1.27. The Morgan fingerprint density at radius 1 is 1.14 bits per heavy atom. The van der Waals surface area contributed by atoms with Gasteiger partial charge in [-0.25, -0.2) is 4.39 Å². The number of amides is 1. The first-order chi connectivity index (χ1) is 20.5. The van der Waals surface area contributed by atoms with Gasteiger partial charge in [0.05, 0.1) is 23.5 Å². The Hall–Kier alpha value is -3.50. The van der Waals surface area contributed by atoms with E-state index in [0.29, 0.717) is 52.1 Å². The molecule has 1 unspecified atom stereocenters. The summed E-state index contributed by atoms with van der Waals surface area (Å²) in [6.45, 7) is 6.70. The lowest BCUT2D eigenvalue weighted by Gasteiger charge is -2.31. The summed E-state index contributed by atoms with van der Waals surface area (Å²) in [5.74, 6) is -0.0762. The number of halogens is 1. The number of hydrogen-bond acceptors (Lipinski definition) is 8. The third kappa shape index (κ3) is 4.74. The van der Waals surface area contributed by atoms with Gasteiger partial charge in [0.25, 0.3) is 5.91 Å². The Kier molecular flexibility index (Phi) is 7.14. The van der Waals surface area contributed by atoms with E-state index in [1.807, 2.05) is 6.92 Å². The number of phenolic OH excluding ortho intramolecular Hbond substituents is 1. The van der Waals surface area contributed by atoms with Crippen molar-refractivity contribution in [1.82, 2.24) is 20.2 Å². The average Bonchev–Trinajstić information content (AvgIpc) is 3.59. The number of rotatable bonds is 7. The van der Waals surface area contributed by atoms with Crippen molar-refractivity contribution >= 4 is 28.2 Å². The lowest BCUT2D eigenvalue weighted by Crippen LogP contribution is -2.43. The molecule has 0 aliphatic carbocycles. The second kappa shape index (κ2) is 11.0. The standard InChI is InChI=1S/C32H39FN6O3/c1-2-23-24(33)8-7-20-16-22(40)17-26(27(20)23)39-18-25-28(30(39)41)29(35-21-6-3-12-34-13-9-21)37-31(36-25)42-19-32-10-4-14-38(32)15-5-11-32/h7-8,16-17,21,34,40H,2-6,9-15,18-19H2,1H3,(H,35,36,37). The largest absolute Gasteiger partial charge is 0.508 e. The van der Waals surface area contributed by atoms with Crippen LogP contribution in [0.4, 0.5) is 15.9 Å². The van der Waals surface area contributed by atoms with E-state index in [9.17, 15) is 14.3 Å². The SMILES string of the molecule is CCc1c(F)ccc2cc(O)cc(N3Cc4nc(OCC56CCCN5CCC6)nc(NC5CCCNCC5)c4C3=O)c12. The quantitative estimate of drug-likeness (QED) is 0.371. The molecule has 3 N–H and O–H groups in total. The zero-order valence-corrected chi connectivity index (χ0v) is 24.2. The molecule has 222 valence electrons. The van der Waals surface area contributed by atoms with Crippen LogP contribution in [-0.4, -0.2) is 70.2 Å². The molecule has 1 atom stereocenters. The Bertz CT molecular complexity index is 1510. The number of aryl methyl sites for hydroxylation is 1. The highest BCUT2D eigenvalue weighted by molar-refractivity contribution is 6.16.